The Morgan fingerprint density at radius 3 is 2.75 bits per heavy atom. The Kier molecular flexibility index (Phi) is 3.81. The van der Waals surface area contributed by atoms with E-state index in [1.165, 1.54) is 12.3 Å². The monoisotopic (exact) mass is 275 g/mol. The van der Waals surface area contributed by atoms with Gasteiger partial charge in [0.1, 0.15) is 17.1 Å². The lowest BCUT2D eigenvalue weighted by Gasteiger charge is -2.21. The summed E-state index contributed by atoms with van der Waals surface area (Å²) in [5.74, 6) is -0.166. The Hall–Kier alpha value is -2.27. The van der Waals surface area contributed by atoms with E-state index >= 15 is 0 Å². The van der Waals surface area contributed by atoms with Crippen molar-refractivity contribution in [3.8, 4) is 5.75 Å². The summed E-state index contributed by atoms with van der Waals surface area (Å²) in [5, 5.41) is 22.5. The molecular formula is C15H17NO4. The van der Waals surface area contributed by atoms with Crippen molar-refractivity contribution in [3.63, 3.8) is 0 Å². The fraction of sp³-hybridized carbons (Fsp3) is 0.267. The summed E-state index contributed by atoms with van der Waals surface area (Å²) < 4.78 is 5.13. The summed E-state index contributed by atoms with van der Waals surface area (Å²) in [6, 6.07) is 8.09. The highest BCUT2D eigenvalue weighted by Gasteiger charge is 2.27. The van der Waals surface area contributed by atoms with Gasteiger partial charge in [0.25, 0.3) is 5.91 Å². The summed E-state index contributed by atoms with van der Waals surface area (Å²) in [6.07, 6.45) is 1.46. The lowest BCUT2D eigenvalue weighted by atomic mass is 10.0. The molecule has 3 N–H and O–H groups in total. The van der Waals surface area contributed by atoms with Crippen LogP contribution in [0.2, 0.25) is 0 Å². The molecule has 0 radical (unpaired) electrons. The maximum absolute atomic E-state index is 12.0. The minimum Gasteiger partial charge on any atom is -0.507 e. The number of aryl methyl sites for hydroxylation is 1. The molecule has 1 heterocycles. The van der Waals surface area contributed by atoms with Crippen LogP contribution in [0.15, 0.2) is 41.0 Å². The molecular weight excluding hydrogens is 258 g/mol. The van der Waals surface area contributed by atoms with Crippen molar-refractivity contribution in [3.05, 3.63) is 53.5 Å². The van der Waals surface area contributed by atoms with Crippen molar-refractivity contribution in [2.45, 2.75) is 19.4 Å². The summed E-state index contributed by atoms with van der Waals surface area (Å²) in [4.78, 5) is 12.0. The third-order valence-electron chi connectivity index (χ3n) is 3.04. The summed E-state index contributed by atoms with van der Waals surface area (Å²) in [7, 11) is 0. The van der Waals surface area contributed by atoms with Crippen LogP contribution < -0.4 is 5.32 Å². The number of phenolic OH excluding ortho intramolecular Hbond substituents is 1. The van der Waals surface area contributed by atoms with E-state index in [4.69, 9.17) is 4.42 Å². The van der Waals surface area contributed by atoms with Gasteiger partial charge in [-0.15, -0.1) is 0 Å². The largest absolute Gasteiger partial charge is 0.507 e. The van der Waals surface area contributed by atoms with Gasteiger partial charge in [0.15, 0.2) is 0 Å². The molecule has 5 nitrogen and oxygen atoms in total. The number of hydrogen-bond acceptors (Lipinski definition) is 4. The number of aromatic hydroxyl groups is 1. The van der Waals surface area contributed by atoms with Crippen molar-refractivity contribution in [1.82, 2.24) is 5.32 Å². The molecule has 1 aromatic heterocycles. The van der Waals surface area contributed by atoms with E-state index in [0.717, 1.165) is 5.56 Å². The molecule has 0 aliphatic rings. The second-order valence-corrected chi connectivity index (χ2v) is 4.95. The van der Waals surface area contributed by atoms with E-state index in [-0.39, 0.29) is 17.9 Å². The fourth-order valence-electron chi connectivity index (χ4n) is 1.85. The number of phenols is 1. The molecule has 1 unspecified atom stereocenters. The maximum Gasteiger partial charge on any atom is 0.255 e. The van der Waals surface area contributed by atoms with Gasteiger partial charge in [0.2, 0.25) is 0 Å². The molecule has 0 spiro atoms. The number of aliphatic hydroxyl groups is 1. The third kappa shape index (κ3) is 3.00. The first-order valence-electron chi connectivity index (χ1n) is 6.24. The first-order valence-corrected chi connectivity index (χ1v) is 6.24. The fourth-order valence-corrected chi connectivity index (χ4v) is 1.85. The lowest BCUT2D eigenvalue weighted by molar-refractivity contribution is 0.0330. The van der Waals surface area contributed by atoms with Gasteiger partial charge in [-0.2, -0.15) is 0 Å². The average Bonchev–Trinajstić information content (AvgIpc) is 2.90. The highest BCUT2D eigenvalue weighted by molar-refractivity contribution is 5.96. The number of furan rings is 1. The van der Waals surface area contributed by atoms with E-state index in [9.17, 15) is 15.0 Å². The van der Waals surface area contributed by atoms with Crippen LogP contribution in [0.5, 0.6) is 5.75 Å². The summed E-state index contributed by atoms with van der Waals surface area (Å²) in [5.41, 5.74) is -0.271. The zero-order valence-electron chi connectivity index (χ0n) is 11.4. The smallest absolute Gasteiger partial charge is 0.255 e. The molecule has 0 aliphatic heterocycles. The Bertz CT molecular complexity index is 602. The molecule has 0 aliphatic carbocycles. The third-order valence-corrected chi connectivity index (χ3v) is 3.04. The molecule has 5 heteroatoms. The topological polar surface area (TPSA) is 82.7 Å². The van der Waals surface area contributed by atoms with E-state index in [1.54, 1.807) is 31.2 Å². The van der Waals surface area contributed by atoms with Gasteiger partial charge < -0.3 is 19.9 Å². The first kappa shape index (κ1) is 14.1. The van der Waals surface area contributed by atoms with Gasteiger partial charge in [-0.05, 0) is 43.7 Å². The van der Waals surface area contributed by atoms with E-state index in [1.807, 2.05) is 6.92 Å². The molecule has 0 fully saturated rings. The summed E-state index contributed by atoms with van der Waals surface area (Å²) >= 11 is 0. The number of carbonyl (C=O) groups excluding carboxylic acids is 1. The second kappa shape index (κ2) is 5.38. The predicted octanol–water partition coefficient (Wildman–Crippen LogP) is 1.93. The van der Waals surface area contributed by atoms with Crippen molar-refractivity contribution >= 4 is 5.91 Å². The molecule has 1 amide bonds. The maximum atomic E-state index is 12.0. The molecule has 2 aromatic rings. The van der Waals surface area contributed by atoms with Gasteiger partial charge in [0.05, 0.1) is 18.4 Å². The SMILES string of the molecule is Cc1ccc(C(=O)NCC(C)(O)c2ccco2)c(O)c1. The number of carbonyl (C=O) groups is 1. The van der Waals surface area contributed by atoms with Crippen LogP contribution in [0.1, 0.15) is 28.6 Å². The highest BCUT2D eigenvalue weighted by Crippen LogP contribution is 2.21. The predicted molar refractivity (Wildman–Crippen MR) is 73.5 cm³/mol. The lowest BCUT2D eigenvalue weighted by Crippen LogP contribution is -2.38. The van der Waals surface area contributed by atoms with Gasteiger partial charge in [-0.1, -0.05) is 6.07 Å². The van der Waals surface area contributed by atoms with Gasteiger partial charge in [-0.25, -0.2) is 0 Å². The minimum atomic E-state index is -1.31. The molecule has 0 bridgehead atoms. The van der Waals surface area contributed by atoms with E-state index in [2.05, 4.69) is 5.32 Å². The van der Waals surface area contributed by atoms with Gasteiger partial charge in [0, 0.05) is 0 Å². The molecule has 1 atom stereocenters. The zero-order valence-corrected chi connectivity index (χ0v) is 11.4. The minimum absolute atomic E-state index is 0.0212. The van der Waals surface area contributed by atoms with Crippen LogP contribution in [0, 0.1) is 6.92 Å². The van der Waals surface area contributed by atoms with Crippen LogP contribution in [-0.4, -0.2) is 22.7 Å². The van der Waals surface area contributed by atoms with Crippen LogP contribution in [-0.2, 0) is 5.60 Å². The zero-order chi connectivity index (χ0) is 14.8. The van der Waals surface area contributed by atoms with Crippen LogP contribution >= 0.6 is 0 Å². The number of rotatable bonds is 4. The number of nitrogens with one attached hydrogen (secondary N) is 1. The number of hydrogen-bond donors (Lipinski definition) is 3. The molecule has 0 saturated carbocycles. The Labute approximate surface area is 116 Å². The van der Waals surface area contributed by atoms with Crippen molar-refractivity contribution < 1.29 is 19.4 Å². The molecule has 0 saturated heterocycles. The standard InChI is InChI=1S/C15H17NO4/c1-10-5-6-11(12(17)8-10)14(18)16-9-15(2,19)13-4-3-7-20-13/h3-8,17,19H,9H2,1-2H3,(H,16,18). The summed E-state index contributed by atoms with van der Waals surface area (Å²) in [6.45, 7) is 3.34. The molecule has 20 heavy (non-hydrogen) atoms. The van der Waals surface area contributed by atoms with Crippen LogP contribution in [0.4, 0.5) is 0 Å². The van der Waals surface area contributed by atoms with Crippen LogP contribution in [0.3, 0.4) is 0 Å². The first-order chi connectivity index (χ1) is 9.40. The van der Waals surface area contributed by atoms with Crippen molar-refractivity contribution in [2.24, 2.45) is 0 Å². The second-order valence-electron chi connectivity index (χ2n) is 4.95. The van der Waals surface area contributed by atoms with E-state index in [0.29, 0.717) is 5.76 Å². The Morgan fingerprint density at radius 2 is 2.15 bits per heavy atom. The van der Waals surface area contributed by atoms with Crippen LogP contribution in [0.25, 0.3) is 0 Å². The van der Waals surface area contributed by atoms with E-state index < -0.39 is 11.5 Å². The average molecular weight is 275 g/mol. The Balaban J connectivity index is 2.05. The molecule has 2 rings (SSSR count). The molecule has 1 aromatic carbocycles. The quantitative estimate of drug-likeness (QED) is 0.796. The number of benzene rings is 1. The highest BCUT2D eigenvalue weighted by atomic mass is 16.4. The van der Waals surface area contributed by atoms with Gasteiger partial charge in [-0.3, -0.25) is 4.79 Å². The van der Waals surface area contributed by atoms with Crippen molar-refractivity contribution in [2.75, 3.05) is 6.54 Å². The molecule has 106 valence electrons. The number of amides is 1. The van der Waals surface area contributed by atoms with Gasteiger partial charge >= 0.3 is 0 Å². The van der Waals surface area contributed by atoms with Crippen molar-refractivity contribution in [1.29, 1.82) is 0 Å². The Morgan fingerprint density at radius 1 is 1.40 bits per heavy atom. The normalized spacial score (nSPS) is 13.8.